The van der Waals surface area contributed by atoms with Gasteiger partial charge in [-0.3, -0.25) is 4.90 Å². The van der Waals surface area contributed by atoms with Gasteiger partial charge >= 0.3 is 0 Å². The molecule has 3 heterocycles. The number of nitrogens with zero attached hydrogens (tertiary/aromatic N) is 6. The molecule has 3 rings (SSSR count). The molecule has 7 nitrogen and oxygen atoms in total. The molecule has 1 saturated heterocycles. The van der Waals surface area contributed by atoms with E-state index < -0.39 is 0 Å². The molecular formula is C14H22N6O. The Hall–Kier alpha value is -1.73. The van der Waals surface area contributed by atoms with E-state index in [0.717, 1.165) is 37.0 Å². The third-order valence-corrected chi connectivity index (χ3v) is 4.15. The van der Waals surface area contributed by atoms with Crippen molar-refractivity contribution in [2.75, 3.05) is 27.2 Å². The molecule has 0 aromatic carbocycles. The molecule has 0 saturated carbocycles. The summed E-state index contributed by atoms with van der Waals surface area (Å²) in [4.78, 5) is 9.14. The number of oxazole rings is 1. The third kappa shape index (κ3) is 2.84. The average molecular weight is 290 g/mol. The van der Waals surface area contributed by atoms with Gasteiger partial charge in [0.2, 0.25) is 0 Å². The van der Waals surface area contributed by atoms with Crippen LogP contribution in [0.3, 0.4) is 0 Å². The SMILES string of the molecule is Cc1nc(CN2C[C@@H](N(C)C)[C@@H](n3ccnn3)C2)c(C)o1. The second-order valence-electron chi connectivity index (χ2n) is 5.91. The van der Waals surface area contributed by atoms with Gasteiger partial charge in [-0.15, -0.1) is 5.10 Å². The highest BCUT2D eigenvalue weighted by Crippen LogP contribution is 2.26. The Labute approximate surface area is 124 Å². The first-order valence-corrected chi connectivity index (χ1v) is 7.22. The maximum Gasteiger partial charge on any atom is 0.191 e. The first-order valence-electron chi connectivity index (χ1n) is 7.22. The Morgan fingerprint density at radius 1 is 1.33 bits per heavy atom. The third-order valence-electron chi connectivity index (χ3n) is 4.15. The molecule has 2 aromatic heterocycles. The van der Waals surface area contributed by atoms with Crippen molar-refractivity contribution in [2.24, 2.45) is 0 Å². The van der Waals surface area contributed by atoms with Gasteiger partial charge in [0.05, 0.1) is 17.9 Å². The zero-order chi connectivity index (χ0) is 15.0. The molecular weight excluding hydrogens is 268 g/mol. The van der Waals surface area contributed by atoms with Crippen molar-refractivity contribution in [3.05, 3.63) is 29.7 Å². The summed E-state index contributed by atoms with van der Waals surface area (Å²) >= 11 is 0. The minimum atomic E-state index is 0.316. The Kier molecular flexibility index (Phi) is 3.77. The number of likely N-dealkylation sites (N-methyl/N-ethyl adjacent to an activating group) is 1. The van der Waals surface area contributed by atoms with Crippen molar-refractivity contribution in [2.45, 2.75) is 32.5 Å². The number of aryl methyl sites for hydroxylation is 2. The molecule has 7 heteroatoms. The van der Waals surface area contributed by atoms with Gasteiger partial charge in [-0.2, -0.15) is 0 Å². The molecule has 1 fully saturated rings. The summed E-state index contributed by atoms with van der Waals surface area (Å²) in [5.74, 6) is 1.65. The Morgan fingerprint density at radius 2 is 2.14 bits per heavy atom. The van der Waals surface area contributed by atoms with Crippen LogP contribution in [0, 0.1) is 13.8 Å². The Morgan fingerprint density at radius 3 is 2.71 bits per heavy atom. The van der Waals surface area contributed by atoms with Crippen LogP contribution in [-0.2, 0) is 6.54 Å². The number of hydrogen-bond donors (Lipinski definition) is 0. The lowest BCUT2D eigenvalue weighted by Crippen LogP contribution is -2.36. The van der Waals surface area contributed by atoms with Gasteiger partial charge < -0.3 is 9.32 Å². The second-order valence-corrected chi connectivity index (χ2v) is 5.91. The van der Waals surface area contributed by atoms with E-state index in [4.69, 9.17) is 4.42 Å². The van der Waals surface area contributed by atoms with Crippen LogP contribution in [0.1, 0.15) is 23.4 Å². The van der Waals surface area contributed by atoms with Crippen LogP contribution in [0.5, 0.6) is 0 Å². The first kappa shape index (κ1) is 14.2. The van der Waals surface area contributed by atoms with Crippen LogP contribution in [-0.4, -0.2) is 63.0 Å². The number of aromatic nitrogens is 4. The van der Waals surface area contributed by atoms with Gasteiger partial charge in [0, 0.05) is 38.8 Å². The van der Waals surface area contributed by atoms with Crippen molar-refractivity contribution < 1.29 is 4.42 Å². The summed E-state index contributed by atoms with van der Waals surface area (Å²) in [7, 11) is 4.23. The van der Waals surface area contributed by atoms with Crippen LogP contribution >= 0.6 is 0 Å². The summed E-state index contributed by atoms with van der Waals surface area (Å²) in [6.45, 7) is 6.62. The molecule has 21 heavy (non-hydrogen) atoms. The van der Waals surface area contributed by atoms with Gasteiger partial charge in [-0.1, -0.05) is 5.21 Å². The first-order chi connectivity index (χ1) is 10.0. The predicted molar refractivity (Wildman–Crippen MR) is 77.8 cm³/mol. The van der Waals surface area contributed by atoms with Crippen molar-refractivity contribution in [3.8, 4) is 0 Å². The van der Waals surface area contributed by atoms with Crippen LogP contribution in [0.15, 0.2) is 16.8 Å². The van der Waals surface area contributed by atoms with Gasteiger partial charge in [-0.05, 0) is 21.0 Å². The van der Waals surface area contributed by atoms with Gasteiger partial charge in [-0.25, -0.2) is 9.67 Å². The van der Waals surface area contributed by atoms with Crippen LogP contribution in [0.4, 0.5) is 0 Å². The molecule has 0 N–H and O–H groups in total. The summed E-state index contributed by atoms with van der Waals surface area (Å²) in [6, 6.07) is 0.732. The molecule has 1 aliphatic heterocycles. The lowest BCUT2D eigenvalue weighted by molar-refractivity contribution is 0.237. The molecule has 0 spiro atoms. The van der Waals surface area contributed by atoms with Crippen LogP contribution in [0.2, 0.25) is 0 Å². The molecule has 0 radical (unpaired) electrons. The van der Waals surface area contributed by atoms with Crippen molar-refractivity contribution in [1.29, 1.82) is 0 Å². The average Bonchev–Trinajstić information content (AvgIpc) is 3.10. The number of rotatable bonds is 4. The monoisotopic (exact) mass is 290 g/mol. The smallest absolute Gasteiger partial charge is 0.191 e. The summed E-state index contributed by atoms with van der Waals surface area (Å²) < 4.78 is 7.49. The highest BCUT2D eigenvalue weighted by atomic mass is 16.4. The van der Waals surface area contributed by atoms with E-state index in [-0.39, 0.29) is 0 Å². The molecule has 2 aromatic rings. The quantitative estimate of drug-likeness (QED) is 0.832. The number of likely N-dealkylation sites (tertiary alicyclic amines) is 1. The summed E-state index contributed by atoms with van der Waals surface area (Å²) in [5.41, 5.74) is 1.03. The fourth-order valence-corrected chi connectivity index (χ4v) is 3.07. The molecule has 0 amide bonds. The minimum absolute atomic E-state index is 0.316. The fraction of sp³-hybridized carbons (Fsp3) is 0.643. The van der Waals surface area contributed by atoms with Gasteiger partial charge in [0.15, 0.2) is 5.89 Å². The van der Waals surface area contributed by atoms with Crippen LogP contribution in [0.25, 0.3) is 0 Å². The van der Waals surface area contributed by atoms with Crippen molar-refractivity contribution in [1.82, 2.24) is 29.8 Å². The normalized spacial score (nSPS) is 23.3. The summed E-state index contributed by atoms with van der Waals surface area (Å²) in [6.07, 6.45) is 3.68. The maximum atomic E-state index is 5.52. The fourth-order valence-electron chi connectivity index (χ4n) is 3.07. The molecule has 114 valence electrons. The van der Waals surface area contributed by atoms with E-state index >= 15 is 0 Å². The standard InChI is InChI=1S/C14H22N6O/c1-10-12(16-11(2)21-10)7-19-8-13(18(3)4)14(9-19)20-6-5-15-17-20/h5-6,13-14H,7-9H2,1-4H3/t13-,14+/m1/s1. The van der Waals surface area contributed by atoms with E-state index in [9.17, 15) is 0 Å². The van der Waals surface area contributed by atoms with Crippen LogP contribution < -0.4 is 0 Å². The highest BCUT2D eigenvalue weighted by Gasteiger charge is 2.36. The molecule has 0 bridgehead atoms. The van der Waals surface area contributed by atoms with Crippen molar-refractivity contribution in [3.63, 3.8) is 0 Å². The van der Waals surface area contributed by atoms with E-state index in [1.807, 2.05) is 24.7 Å². The lowest BCUT2D eigenvalue weighted by atomic mass is 10.1. The van der Waals surface area contributed by atoms with E-state index in [1.54, 1.807) is 6.20 Å². The Bertz CT molecular complexity index is 591. The highest BCUT2D eigenvalue weighted by molar-refractivity contribution is 5.08. The second kappa shape index (κ2) is 5.57. The Balaban J connectivity index is 1.75. The molecule has 2 atom stereocenters. The van der Waals surface area contributed by atoms with Crippen molar-refractivity contribution >= 4 is 0 Å². The molecule has 0 unspecified atom stereocenters. The number of hydrogen-bond acceptors (Lipinski definition) is 6. The summed E-state index contributed by atoms with van der Waals surface area (Å²) in [5, 5.41) is 8.11. The predicted octanol–water partition coefficient (Wildman–Crippen LogP) is 0.870. The minimum Gasteiger partial charge on any atom is -0.446 e. The zero-order valence-corrected chi connectivity index (χ0v) is 13.0. The van der Waals surface area contributed by atoms with Gasteiger partial charge in [0.25, 0.3) is 0 Å². The van der Waals surface area contributed by atoms with E-state index in [0.29, 0.717) is 12.1 Å². The van der Waals surface area contributed by atoms with Gasteiger partial charge in [0.1, 0.15) is 5.76 Å². The maximum absolute atomic E-state index is 5.52. The zero-order valence-electron chi connectivity index (χ0n) is 13.0. The van der Waals surface area contributed by atoms with E-state index in [2.05, 4.69) is 39.2 Å². The van der Waals surface area contributed by atoms with E-state index in [1.165, 1.54) is 0 Å². The topological polar surface area (TPSA) is 63.2 Å². The largest absolute Gasteiger partial charge is 0.446 e. The molecule has 1 aliphatic rings. The lowest BCUT2D eigenvalue weighted by Gasteiger charge is -2.24. The molecule has 0 aliphatic carbocycles.